The summed E-state index contributed by atoms with van der Waals surface area (Å²) < 4.78 is 34.1. The smallest absolute Gasteiger partial charge is 0.244 e. The first-order chi connectivity index (χ1) is 13.2. The van der Waals surface area contributed by atoms with Crippen molar-refractivity contribution >= 4 is 44.6 Å². The molecule has 1 amide bonds. The maximum atomic E-state index is 12.0. The van der Waals surface area contributed by atoms with E-state index in [4.69, 9.17) is 14.6 Å². The number of rotatable bonds is 8. The van der Waals surface area contributed by atoms with Gasteiger partial charge in [0, 0.05) is 27.8 Å². The van der Waals surface area contributed by atoms with Crippen LogP contribution < -0.4 is 19.9 Å². The summed E-state index contributed by atoms with van der Waals surface area (Å²) in [5, 5.41) is 7.97. The number of carbonyl (C=O) groups is 1. The number of methoxy groups -OCH3 is 2. The first kappa shape index (κ1) is 22.2. The Morgan fingerprint density at radius 1 is 1.18 bits per heavy atom. The maximum Gasteiger partial charge on any atom is 0.244 e. The summed E-state index contributed by atoms with van der Waals surface area (Å²) >= 11 is 1.92. The molecule has 0 bridgehead atoms. The van der Waals surface area contributed by atoms with E-state index in [1.807, 2.05) is 22.6 Å². The number of amides is 1. The Morgan fingerprint density at radius 3 is 2.57 bits per heavy atom. The molecule has 0 spiro atoms. The number of halogens is 1. The predicted molar refractivity (Wildman–Crippen MR) is 116 cm³/mol. The van der Waals surface area contributed by atoms with E-state index in [0.717, 1.165) is 11.1 Å². The van der Waals surface area contributed by atoms with Crippen LogP contribution in [-0.2, 0) is 21.2 Å². The lowest BCUT2D eigenvalue weighted by molar-refractivity contribution is -0.116. The van der Waals surface area contributed by atoms with Gasteiger partial charge in [0.25, 0.3) is 0 Å². The van der Waals surface area contributed by atoms with Crippen LogP contribution >= 0.6 is 22.6 Å². The van der Waals surface area contributed by atoms with Gasteiger partial charge in [0.15, 0.2) is 0 Å². The number of benzene rings is 2. The van der Waals surface area contributed by atoms with Crippen molar-refractivity contribution in [3.8, 4) is 11.5 Å². The molecule has 28 heavy (non-hydrogen) atoms. The van der Waals surface area contributed by atoms with Gasteiger partial charge in [-0.05, 0) is 64.9 Å². The molecule has 0 radical (unpaired) electrons. The molecule has 0 saturated heterocycles. The lowest BCUT2D eigenvalue weighted by atomic mass is 10.1. The second kappa shape index (κ2) is 9.89. The standard InChI is InChI=1S/C19H21IN2O5S/c1-26-15-6-4-14(17(12-15)27-2)5-8-19(23)22-10-9-13-3-7-16(20)18(11-13)28(21,24)25/h3-8,11-12H,9-10H2,1-2H3,(H,22,23)(H2,21,24,25)/b8-5+. The van der Waals surface area contributed by atoms with Gasteiger partial charge in [-0.25, -0.2) is 13.6 Å². The second-order valence-corrected chi connectivity index (χ2v) is 8.48. The number of nitrogens with two attached hydrogens (primary N) is 1. The molecule has 0 aliphatic rings. The molecule has 0 heterocycles. The van der Waals surface area contributed by atoms with Crippen molar-refractivity contribution in [3.05, 3.63) is 57.2 Å². The van der Waals surface area contributed by atoms with E-state index in [0.29, 0.717) is 28.0 Å². The SMILES string of the molecule is COc1ccc(/C=C/C(=O)NCCc2ccc(I)c(S(N)(=O)=O)c2)c(OC)c1. The molecule has 7 nitrogen and oxygen atoms in total. The normalized spacial score (nSPS) is 11.4. The number of hydrogen-bond acceptors (Lipinski definition) is 5. The molecule has 0 aliphatic heterocycles. The zero-order valence-corrected chi connectivity index (χ0v) is 18.4. The third-order valence-corrected chi connectivity index (χ3v) is 6.13. The summed E-state index contributed by atoms with van der Waals surface area (Å²) in [4.78, 5) is 12.1. The van der Waals surface area contributed by atoms with Crippen LogP contribution in [0.3, 0.4) is 0 Å². The third-order valence-electron chi connectivity index (χ3n) is 3.87. The van der Waals surface area contributed by atoms with Gasteiger partial charge in [0.1, 0.15) is 11.5 Å². The van der Waals surface area contributed by atoms with Gasteiger partial charge in [-0.15, -0.1) is 0 Å². The molecule has 9 heteroatoms. The summed E-state index contributed by atoms with van der Waals surface area (Å²) in [6, 6.07) is 10.3. The molecule has 0 fully saturated rings. The molecule has 0 aliphatic carbocycles. The number of nitrogens with one attached hydrogen (secondary N) is 1. The minimum atomic E-state index is -3.78. The van der Waals surface area contributed by atoms with Crippen LogP contribution in [0.2, 0.25) is 0 Å². The molecule has 2 aromatic carbocycles. The number of hydrogen-bond donors (Lipinski definition) is 2. The van der Waals surface area contributed by atoms with E-state index in [-0.39, 0.29) is 10.8 Å². The quantitative estimate of drug-likeness (QED) is 0.414. The zero-order chi connectivity index (χ0) is 20.7. The lowest BCUT2D eigenvalue weighted by Crippen LogP contribution is -2.23. The summed E-state index contributed by atoms with van der Waals surface area (Å²) in [5.41, 5.74) is 1.51. The Hall–Kier alpha value is -2.11. The zero-order valence-electron chi connectivity index (χ0n) is 15.4. The summed E-state index contributed by atoms with van der Waals surface area (Å²) in [5.74, 6) is 0.989. The third kappa shape index (κ3) is 6.21. The molecular weight excluding hydrogens is 495 g/mol. The maximum absolute atomic E-state index is 12.0. The summed E-state index contributed by atoms with van der Waals surface area (Å²) in [7, 11) is -0.664. The molecule has 2 rings (SSSR count). The van der Waals surface area contributed by atoms with Crippen molar-refractivity contribution in [1.29, 1.82) is 0 Å². The fraction of sp³-hybridized carbons (Fsp3) is 0.211. The molecule has 0 aromatic heterocycles. The highest BCUT2D eigenvalue weighted by Gasteiger charge is 2.13. The molecule has 0 saturated carbocycles. The van der Waals surface area contributed by atoms with Crippen LogP contribution in [0.1, 0.15) is 11.1 Å². The fourth-order valence-corrected chi connectivity index (χ4v) is 4.34. The van der Waals surface area contributed by atoms with Crippen molar-refractivity contribution in [2.45, 2.75) is 11.3 Å². The van der Waals surface area contributed by atoms with E-state index in [9.17, 15) is 13.2 Å². The average molecular weight is 516 g/mol. The van der Waals surface area contributed by atoms with Crippen molar-refractivity contribution in [2.24, 2.45) is 5.14 Å². The van der Waals surface area contributed by atoms with Gasteiger partial charge in [-0.3, -0.25) is 4.79 Å². The predicted octanol–water partition coefficient (Wildman–Crippen LogP) is 2.33. The van der Waals surface area contributed by atoms with Crippen LogP contribution in [-0.4, -0.2) is 35.1 Å². The largest absolute Gasteiger partial charge is 0.497 e. The minimum absolute atomic E-state index is 0.0865. The van der Waals surface area contributed by atoms with Gasteiger partial charge < -0.3 is 14.8 Å². The molecule has 0 atom stereocenters. The van der Waals surface area contributed by atoms with Crippen LogP contribution in [0, 0.1) is 3.57 Å². The van der Waals surface area contributed by atoms with Gasteiger partial charge in [-0.2, -0.15) is 0 Å². The van der Waals surface area contributed by atoms with E-state index in [1.54, 1.807) is 50.6 Å². The number of sulfonamides is 1. The van der Waals surface area contributed by atoms with Gasteiger partial charge in [-0.1, -0.05) is 6.07 Å². The van der Waals surface area contributed by atoms with Gasteiger partial charge in [0.2, 0.25) is 15.9 Å². The fourth-order valence-electron chi connectivity index (χ4n) is 2.43. The van der Waals surface area contributed by atoms with Crippen molar-refractivity contribution in [2.75, 3.05) is 20.8 Å². The molecule has 150 valence electrons. The van der Waals surface area contributed by atoms with E-state index < -0.39 is 10.0 Å². The molecule has 0 unspecified atom stereocenters. The second-order valence-electron chi connectivity index (χ2n) is 5.79. The Morgan fingerprint density at radius 2 is 1.93 bits per heavy atom. The molecule has 2 aromatic rings. The first-order valence-corrected chi connectivity index (χ1v) is 10.9. The highest BCUT2D eigenvalue weighted by molar-refractivity contribution is 14.1. The Labute approximate surface area is 178 Å². The highest BCUT2D eigenvalue weighted by Crippen LogP contribution is 2.25. The molecule has 3 N–H and O–H groups in total. The van der Waals surface area contributed by atoms with E-state index >= 15 is 0 Å². The van der Waals surface area contributed by atoms with Crippen LogP contribution in [0.5, 0.6) is 11.5 Å². The number of carbonyl (C=O) groups excluding carboxylic acids is 1. The van der Waals surface area contributed by atoms with Crippen molar-refractivity contribution < 1.29 is 22.7 Å². The summed E-state index contributed by atoms with van der Waals surface area (Å²) in [6.45, 7) is 0.355. The average Bonchev–Trinajstić information content (AvgIpc) is 2.66. The number of ether oxygens (including phenoxy) is 2. The minimum Gasteiger partial charge on any atom is -0.497 e. The molecular formula is C19H21IN2O5S. The monoisotopic (exact) mass is 516 g/mol. The van der Waals surface area contributed by atoms with Gasteiger partial charge in [0.05, 0.1) is 19.1 Å². The highest BCUT2D eigenvalue weighted by atomic mass is 127. The Kier molecular flexibility index (Phi) is 7.84. The van der Waals surface area contributed by atoms with Crippen molar-refractivity contribution in [3.63, 3.8) is 0 Å². The Bertz CT molecular complexity index is 990. The summed E-state index contributed by atoms with van der Waals surface area (Å²) in [6.07, 6.45) is 3.54. The first-order valence-electron chi connectivity index (χ1n) is 8.23. The van der Waals surface area contributed by atoms with Crippen LogP contribution in [0.4, 0.5) is 0 Å². The van der Waals surface area contributed by atoms with E-state index in [2.05, 4.69) is 5.32 Å². The van der Waals surface area contributed by atoms with Crippen molar-refractivity contribution in [1.82, 2.24) is 5.32 Å². The van der Waals surface area contributed by atoms with Crippen LogP contribution in [0.15, 0.2) is 47.4 Å². The van der Waals surface area contributed by atoms with Gasteiger partial charge >= 0.3 is 0 Å². The topological polar surface area (TPSA) is 108 Å². The van der Waals surface area contributed by atoms with E-state index in [1.165, 1.54) is 12.1 Å². The number of primary sulfonamides is 1. The Balaban J connectivity index is 1.96. The van der Waals surface area contributed by atoms with Crippen LogP contribution in [0.25, 0.3) is 6.08 Å². The lowest BCUT2D eigenvalue weighted by Gasteiger charge is -2.08.